The van der Waals surface area contributed by atoms with Gasteiger partial charge in [-0.2, -0.15) is 0 Å². The maximum absolute atomic E-state index is 5.34. The Kier molecular flexibility index (Phi) is 7.17. The van der Waals surface area contributed by atoms with Gasteiger partial charge in [-0.25, -0.2) is 0 Å². The van der Waals surface area contributed by atoms with E-state index in [1.807, 2.05) is 7.11 Å². The lowest BCUT2D eigenvalue weighted by molar-refractivity contribution is 0.0308. The first-order valence-corrected chi connectivity index (χ1v) is 9.57. The van der Waals surface area contributed by atoms with Gasteiger partial charge in [0.1, 0.15) is 0 Å². The predicted octanol–water partition coefficient (Wildman–Crippen LogP) is 3.82. The summed E-state index contributed by atoms with van der Waals surface area (Å²) in [5.41, 5.74) is 0.558. The molecule has 0 aromatic heterocycles. The van der Waals surface area contributed by atoms with Gasteiger partial charge in [0.05, 0.1) is 0 Å². The van der Waals surface area contributed by atoms with Gasteiger partial charge in [-0.05, 0) is 63.5 Å². The van der Waals surface area contributed by atoms with E-state index < -0.39 is 0 Å². The van der Waals surface area contributed by atoms with Crippen molar-refractivity contribution in [2.45, 2.75) is 90.3 Å². The molecule has 0 atom stereocenters. The highest BCUT2D eigenvalue weighted by Gasteiger charge is 2.35. The third-order valence-corrected chi connectivity index (χ3v) is 6.23. The third-order valence-electron chi connectivity index (χ3n) is 6.23. The molecule has 3 heteroatoms. The lowest BCUT2D eigenvalue weighted by atomic mass is 9.73. The molecule has 0 amide bonds. The van der Waals surface area contributed by atoms with Crippen molar-refractivity contribution in [1.29, 1.82) is 0 Å². The molecule has 1 saturated carbocycles. The summed E-state index contributed by atoms with van der Waals surface area (Å²) in [6.07, 6.45) is 10.8. The van der Waals surface area contributed by atoms with Crippen molar-refractivity contribution in [3.05, 3.63) is 0 Å². The zero-order valence-corrected chi connectivity index (χ0v) is 15.4. The average Bonchev–Trinajstić information content (AvgIpc) is 2.54. The molecule has 1 saturated heterocycles. The van der Waals surface area contributed by atoms with Gasteiger partial charge in [0.25, 0.3) is 0 Å². The molecule has 0 spiro atoms. The van der Waals surface area contributed by atoms with Crippen molar-refractivity contribution < 1.29 is 4.74 Å². The van der Waals surface area contributed by atoms with Crippen LogP contribution in [0.15, 0.2) is 0 Å². The van der Waals surface area contributed by atoms with Gasteiger partial charge < -0.3 is 15.0 Å². The van der Waals surface area contributed by atoms with Crippen LogP contribution in [0.25, 0.3) is 0 Å². The van der Waals surface area contributed by atoms with Crippen molar-refractivity contribution >= 4 is 0 Å². The zero-order chi connectivity index (χ0) is 16.0. The van der Waals surface area contributed by atoms with Gasteiger partial charge in [-0.1, -0.05) is 27.2 Å². The van der Waals surface area contributed by atoms with E-state index in [-0.39, 0.29) is 0 Å². The quantitative estimate of drug-likeness (QED) is 0.773. The Morgan fingerprint density at radius 3 is 2.27 bits per heavy atom. The first kappa shape index (κ1) is 18.2. The molecule has 1 N–H and O–H groups in total. The summed E-state index contributed by atoms with van der Waals surface area (Å²) in [6.45, 7) is 10.4. The number of methoxy groups -OCH3 is 1. The normalized spacial score (nSPS) is 29.9. The van der Waals surface area contributed by atoms with Crippen molar-refractivity contribution in [3.63, 3.8) is 0 Å². The van der Waals surface area contributed by atoms with E-state index in [9.17, 15) is 0 Å². The van der Waals surface area contributed by atoms with E-state index >= 15 is 0 Å². The predicted molar refractivity (Wildman–Crippen MR) is 94.3 cm³/mol. The minimum atomic E-state index is 0.558. The summed E-state index contributed by atoms with van der Waals surface area (Å²) in [4.78, 5) is 2.80. The standard InChI is InChI=1S/C19H38N2O/c1-5-19(12-15-22-4)10-13-21(14-11-19)18-8-6-17(7-9-18)20-16(2)3/h16-18,20H,5-15H2,1-4H3. The largest absolute Gasteiger partial charge is 0.385 e. The van der Waals surface area contributed by atoms with E-state index in [4.69, 9.17) is 4.74 Å². The van der Waals surface area contributed by atoms with Gasteiger partial charge in [-0.3, -0.25) is 0 Å². The van der Waals surface area contributed by atoms with Crippen LogP contribution >= 0.6 is 0 Å². The summed E-state index contributed by atoms with van der Waals surface area (Å²) in [5.74, 6) is 0. The SMILES string of the molecule is CCC1(CCOC)CCN(C2CCC(NC(C)C)CC2)CC1. The average molecular weight is 311 g/mol. The molecule has 0 unspecified atom stereocenters. The van der Waals surface area contributed by atoms with Gasteiger partial charge in [0, 0.05) is 31.8 Å². The van der Waals surface area contributed by atoms with Crippen LogP contribution < -0.4 is 5.32 Å². The molecule has 22 heavy (non-hydrogen) atoms. The molecule has 2 aliphatic rings. The highest BCUT2D eigenvalue weighted by molar-refractivity contribution is 4.90. The van der Waals surface area contributed by atoms with Crippen molar-refractivity contribution in [3.8, 4) is 0 Å². The Balaban J connectivity index is 1.75. The fourth-order valence-corrected chi connectivity index (χ4v) is 4.54. The first-order chi connectivity index (χ1) is 10.6. The second-order valence-electron chi connectivity index (χ2n) is 7.96. The highest BCUT2D eigenvalue weighted by atomic mass is 16.5. The number of nitrogens with zero attached hydrogens (tertiary/aromatic N) is 1. The highest BCUT2D eigenvalue weighted by Crippen LogP contribution is 2.39. The van der Waals surface area contributed by atoms with Gasteiger partial charge in [0.2, 0.25) is 0 Å². The molecule has 2 rings (SSSR count). The summed E-state index contributed by atoms with van der Waals surface area (Å²) in [7, 11) is 1.84. The van der Waals surface area contributed by atoms with Crippen LogP contribution in [0.2, 0.25) is 0 Å². The number of rotatable bonds is 7. The minimum Gasteiger partial charge on any atom is -0.385 e. The van der Waals surface area contributed by atoms with Gasteiger partial charge in [-0.15, -0.1) is 0 Å². The molecule has 0 aromatic rings. The third kappa shape index (κ3) is 4.94. The minimum absolute atomic E-state index is 0.558. The van der Waals surface area contributed by atoms with Crippen LogP contribution in [0.1, 0.15) is 72.1 Å². The fraction of sp³-hybridized carbons (Fsp3) is 1.00. The molecule has 2 fully saturated rings. The van der Waals surface area contributed by atoms with Gasteiger partial charge in [0.15, 0.2) is 0 Å². The molecule has 1 heterocycles. The molecule has 130 valence electrons. The van der Waals surface area contributed by atoms with Crippen LogP contribution in [0.5, 0.6) is 0 Å². The molecular formula is C19H38N2O. The summed E-state index contributed by atoms with van der Waals surface area (Å²) < 4.78 is 5.34. The lowest BCUT2D eigenvalue weighted by Gasteiger charge is -2.46. The maximum Gasteiger partial charge on any atom is 0.0467 e. The van der Waals surface area contributed by atoms with Crippen LogP contribution in [0.4, 0.5) is 0 Å². The fourth-order valence-electron chi connectivity index (χ4n) is 4.54. The molecule has 0 radical (unpaired) electrons. The number of piperidine rings is 1. The molecular weight excluding hydrogens is 272 g/mol. The van der Waals surface area contributed by atoms with E-state index in [1.54, 1.807) is 0 Å². The number of ether oxygens (including phenoxy) is 1. The van der Waals surface area contributed by atoms with Crippen molar-refractivity contribution in [2.24, 2.45) is 5.41 Å². The number of hydrogen-bond acceptors (Lipinski definition) is 3. The first-order valence-electron chi connectivity index (χ1n) is 9.57. The van der Waals surface area contributed by atoms with E-state index in [0.29, 0.717) is 11.5 Å². The van der Waals surface area contributed by atoms with Crippen LogP contribution in [-0.2, 0) is 4.74 Å². The van der Waals surface area contributed by atoms with Gasteiger partial charge >= 0.3 is 0 Å². The smallest absolute Gasteiger partial charge is 0.0467 e. The van der Waals surface area contributed by atoms with Crippen LogP contribution in [0.3, 0.4) is 0 Å². The molecule has 0 bridgehead atoms. The van der Waals surface area contributed by atoms with E-state index in [0.717, 1.165) is 18.7 Å². The maximum atomic E-state index is 5.34. The lowest BCUT2D eigenvalue weighted by Crippen LogP contribution is -2.48. The Hall–Kier alpha value is -0.120. The monoisotopic (exact) mass is 310 g/mol. The zero-order valence-electron chi connectivity index (χ0n) is 15.4. The Bertz CT molecular complexity index is 303. The van der Waals surface area contributed by atoms with E-state index in [1.165, 1.54) is 64.5 Å². The second kappa shape index (κ2) is 8.65. The number of hydrogen-bond donors (Lipinski definition) is 1. The summed E-state index contributed by atoms with van der Waals surface area (Å²) in [6, 6.07) is 2.24. The summed E-state index contributed by atoms with van der Waals surface area (Å²) >= 11 is 0. The van der Waals surface area contributed by atoms with Crippen LogP contribution in [0, 0.1) is 5.41 Å². The molecule has 3 nitrogen and oxygen atoms in total. The Morgan fingerprint density at radius 1 is 1.14 bits per heavy atom. The summed E-state index contributed by atoms with van der Waals surface area (Å²) in [5, 5.41) is 3.72. The van der Waals surface area contributed by atoms with Crippen LogP contribution in [-0.4, -0.2) is 49.8 Å². The van der Waals surface area contributed by atoms with E-state index in [2.05, 4.69) is 31.0 Å². The molecule has 1 aliphatic carbocycles. The Labute approximate surface area is 138 Å². The van der Waals surface area contributed by atoms with Crippen molar-refractivity contribution in [1.82, 2.24) is 10.2 Å². The molecule has 1 aliphatic heterocycles. The Morgan fingerprint density at radius 2 is 1.77 bits per heavy atom. The second-order valence-corrected chi connectivity index (χ2v) is 7.96. The number of nitrogens with one attached hydrogen (secondary N) is 1. The topological polar surface area (TPSA) is 24.5 Å². The molecule has 0 aromatic carbocycles. The number of likely N-dealkylation sites (tertiary alicyclic amines) is 1. The van der Waals surface area contributed by atoms with Crippen molar-refractivity contribution in [2.75, 3.05) is 26.8 Å².